The van der Waals surface area contributed by atoms with E-state index < -0.39 is 0 Å². The Bertz CT molecular complexity index is 737. The van der Waals surface area contributed by atoms with Crippen molar-refractivity contribution in [1.82, 2.24) is 14.9 Å². The van der Waals surface area contributed by atoms with Gasteiger partial charge in [0.15, 0.2) is 0 Å². The first-order valence-corrected chi connectivity index (χ1v) is 9.46. The number of hydrogen-bond acceptors (Lipinski definition) is 4. The largest absolute Gasteiger partial charge is 0.368 e. The van der Waals surface area contributed by atoms with Gasteiger partial charge in [-0.1, -0.05) is 30.3 Å². The molecule has 1 aromatic carbocycles. The van der Waals surface area contributed by atoms with E-state index in [1.807, 2.05) is 11.8 Å². The molecule has 0 aliphatic carbocycles. The second-order valence-electron chi connectivity index (χ2n) is 7.41. The van der Waals surface area contributed by atoms with Gasteiger partial charge in [0.2, 0.25) is 0 Å². The van der Waals surface area contributed by atoms with E-state index in [0.29, 0.717) is 17.4 Å². The highest BCUT2D eigenvalue weighted by molar-refractivity contribution is 5.93. The molecule has 1 fully saturated rings. The number of hydrogen-bond donors (Lipinski definition) is 1. The lowest BCUT2D eigenvalue weighted by atomic mass is 9.90. The molecule has 2 heterocycles. The molecule has 0 atom stereocenters. The second kappa shape index (κ2) is 8.30. The Morgan fingerprint density at radius 1 is 1.19 bits per heavy atom. The molecule has 1 saturated heterocycles. The van der Waals surface area contributed by atoms with Gasteiger partial charge >= 0.3 is 0 Å². The van der Waals surface area contributed by atoms with Gasteiger partial charge in [0, 0.05) is 25.2 Å². The van der Waals surface area contributed by atoms with Crippen LogP contribution in [0.4, 0.5) is 5.82 Å². The van der Waals surface area contributed by atoms with Gasteiger partial charge in [-0.15, -0.1) is 0 Å². The Morgan fingerprint density at radius 3 is 2.54 bits per heavy atom. The Kier molecular flexibility index (Phi) is 5.86. The molecule has 138 valence electrons. The topological polar surface area (TPSA) is 58.1 Å². The van der Waals surface area contributed by atoms with Crippen LogP contribution in [0.2, 0.25) is 0 Å². The number of carbonyl (C=O) groups excluding carboxylic acids is 1. The van der Waals surface area contributed by atoms with Crippen LogP contribution < -0.4 is 5.32 Å². The molecule has 3 rings (SSSR count). The van der Waals surface area contributed by atoms with E-state index >= 15 is 0 Å². The van der Waals surface area contributed by atoms with Crippen LogP contribution in [0.15, 0.2) is 36.4 Å². The Labute approximate surface area is 155 Å². The standard InChI is InChI=1S/C21H28N4O/c1-15(2)22-20-14-19(23-16(3)24-20)21(26)25-11-9-18(10-12-25)13-17-7-5-4-6-8-17/h4-8,14-15,18H,9-13H2,1-3H3,(H,22,23,24). The number of benzene rings is 1. The van der Waals surface area contributed by atoms with Gasteiger partial charge in [-0.3, -0.25) is 4.79 Å². The van der Waals surface area contributed by atoms with E-state index in [1.54, 1.807) is 6.07 Å². The molecule has 1 N–H and O–H groups in total. The van der Waals surface area contributed by atoms with Crippen LogP contribution in [-0.2, 0) is 6.42 Å². The normalized spacial score (nSPS) is 15.3. The first-order chi connectivity index (χ1) is 12.5. The summed E-state index contributed by atoms with van der Waals surface area (Å²) in [5.74, 6) is 2.00. The predicted molar refractivity (Wildman–Crippen MR) is 104 cm³/mol. The molecular weight excluding hydrogens is 324 g/mol. The Balaban J connectivity index is 1.60. The molecule has 26 heavy (non-hydrogen) atoms. The highest BCUT2D eigenvalue weighted by Gasteiger charge is 2.25. The zero-order valence-electron chi connectivity index (χ0n) is 15.9. The maximum absolute atomic E-state index is 12.9. The summed E-state index contributed by atoms with van der Waals surface area (Å²) in [6.07, 6.45) is 3.18. The van der Waals surface area contributed by atoms with Crippen molar-refractivity contribution >= 4 is 11.7 Å². The average molecular weight is 352 g/mol. The molecule has 5 heteroatoms. The van der Waals surface area contributed by atoms with Crippen LogP contribution in [0, 0.1) is 12.8 Å². The maximum atomic E-state index is 12.9. The van der Waals surface area contributed by atoms with Gasteiger partial charge in [-0.2, -0.15) is 0 Å². The number of aromatic nitrogens is 2. The highest BCUT2D eigenvalue weighted by atomic mass is 16.2. The fourth-order valence-corrected chi connectivity index (χ4v) is 3.50. The van der Waals surface area contributed by atoms with E-state index in [4.69, 9.17) is 0 Å². The first-order valence-electron chi connectivity index (χ1n) is 9.46. The van der Waals surface area contributed by atoms with Crippen LogP contribution in [0.1, 0.15) is 48.6 Å². The first kappa shape index (κ1) is 18.4. The van der Waals surface area contributed by atoms with Crippen molar-refractivity contribution in [2.45, 2.75) is 46.1 Å². The third-order valence-corrected chi connectivity index (χ3v) is 4.76. The Morgan fingerprint density at radius 2 is 1.88 bits per heavy atom. The molecule has 2 aromatic rings. The second-order valence-corrected chi connectivity index (χ2v) is 7.41. The summed E-state index contributed by atoms with van der Waals surface area (Å²) < 4.78 is 0. The molecule has 0 saturated carbocycles. The summed E-state index contributed by atoms with van der Waals surface area (Å²) >= 11 is 0. The maximum Gasteiger partial charge on any atom is 0.272 e. The van der Waals surface area contributed by atoms with E-state index in [0.717, 1.165) is 38.2 Å². The summed E-state index contributed by atoms with van der Waals surface area (Å²) in [4.78, 5) is 23.5. The van der Waals surface area contributed by atoms with Gasteiger partial charge in [0.05, 0.1) is 0 Å². The van der Waals surface area contributed by atoms with E-state index in [-0.39, 0.29) is 11.9 Å². The number of anilines is 1. The lowest BCUT2D eigenvalue weighted by molar-refractivity contribution is 0.0684. The summed E-state index contributed by atoms with van der Waals surface area (Å²) in [5, 5.41) is 3.26. The SMILES string of the molecule is Cc1nc(NC(C)C)cc(C(=O)N2CCC(Cc3ccccc3)CC2)n1. The average Bonchev–Trinajstić information content (AvgIpc) is 2.61. The summed E-state index contributed by atoms with van der Waals surface area (Å²) in [7, 11) is 0. The third kappa shape index (κ3) is 4.81. The number of amides is 1. The fourth-order valence-electron chi connectivity index (χ4n) is 3.50. The summed E-state index contributed by atoms with van der Waals surface area (Å²) in [5.41, 5.74) is 1.87. The van der Waals surface area contributed by atoms with Crippen LogP contribution in [0.25, 0.3) is 0 Å². The minimum atomic E-state index is 0.0143. The molecule has 1 aliphatic heterocycles. The summed E-state index contributed by atoms with van der Waals surface area (Å²) in [6, 6.07) is 12.6. The van der Waals surface area contributed by atoms with Crippen LogP contribution in [0.3, 0.4) is 0 Å². The van der Waals surface area contributed by atoms with Crippen molar-refractivity contribution in [2.75, 3.05) is 18.4 Å². The molecule has 0 bridgehead atoms. The number of likely N-dealkylation sites (tertiary alicyclic amines) is 1. The zero-order valence-corrected chi connectivity index (χ0v) is 15.9. The van der Waals surface area contributed by atoms with Crippen molar-refractivity contribution in [1.29, 1.82) is 0 Å². The van der Waals surface area contributed by atoms with Gasteiger partial charge in [0.25, 0.3) is 5.91 Å². The van der Waals surface area contributed by atoms with Gasteiger partial charge in [-0.25, -0.2) is 9.97 Å². The molecule has 1 aromatic heterocycles. The number of rotatable bonds is 5. The molecule has 1 amide bonds. The quantitative estimate of drug-likeness (QED) is 0.891. The minimum absolute atomic E-state index is 0.0143. The monoisotopic (exact) mass is 352 g/mol. The van der Waals surface area contributed by atoms with Gasteiger partial charge in [-0.05, 0) is 51.5 Å². The van der Waals surface area contributed by atoms with Crippen molar-refractivity contribution < 1.29 is 4.79 Å². The van der Waals surface area contributed by atoms with E-state index in [2.05, 4.69) is 59.5 Å². The van der Waals surface area contributed by atoms with Gasteiger partial charge in [0.1, 0.15) is 17.3 Å². The predicted octanol–water partition coefficient (Wildman–Crippen LogP) is 3.70. The molecule has 0 radical (unpaired) electrons. The van der Waals surface area contributed by atoms with Crippen LogP contribution in [-0.4, -0.2) is 39.9 Å². The molecule has 5 nitrogen and oxygen atoms in total. The van der Waals surface area contributed by atoms with Crippen molar-refractivity contribution in [3.8, 4) is 0 Å². The molecule has 0 spiro atoms. The number of nitrogens with one attached hydrogen (secondary N) is 1. The zero-order chi connectivity index (χ0) is 18.5. The van der Waals surface area contributed by atoms with E-state index in [9.17, 15) is 4.79 Å². The summed E-state index contributed by atoms with van der Waals surface area (Å²) in [6.45, 7) is 7.53. The number of carbonyl (C=O) groups is 1. The molecule has 0 unspecified atom stereocenters. The Hall–Kier alpha value is -2.43. The fraction of sp³-hybridized carbons (Fsp3) is 0.476. The third-order valence-electron chi connectivity index (χ3n) is 4.76. The van der Waals surface area contributed by atoms with Crippen molar-refractivity contribution in [2.24, 2.45) is 5.92 Å². The molecular formula is C21H28N4O. The lowest BCUT2D eigenvalue weighted by Gasteiger charge is -2.32. The van der Waals surface area contributed by atoms with Crippen molar-refractivity contribution in [3.05, 3.63) is 53.5 Å². The van der Waals surface area contributed by atoms with Crippen molar-refractivity contribution in [3.63, 3.8) is 0 Å². The molecule has 1 aliphatic rings. The van der Waals surface area contributed by atoms with Gasteiger partial charge < -0.3 is 10.2 Å². The highest BCUT2D eigenvalue weighted by Crippen LogP contribution is 2.23. The minimum Gasteiger partial charge on any atom is -0.368 e. The smallest absolute Gasteiger partial charge is 0.272 e. The van der Waals surface area contributed by atoms with E-state index in [1.165, 1.54) is 5.56 Å². The van der Waals surface area contributed by atoms with Crippen LogP contribution >= 0.6 is 0 Å². The number of aryl methyl sites for hydroxylation is 1. The number of nitrogens with zero attached hydrogens (tertiary/aromatic N) is 3. The number of piperidine rings is 1. The van der Waals surface area contributed by atoms with Crippen LogP contribution in [0.5, 0.6) is 0 Å². The lowest BCUT2D eigenvalue weighted by Crippen LogP contribution is -2.39.